The van der Waals surface area contributed by atoms with E-state index in [-0.39, 0.29) is 46.9 Å². The number of amides is 3. The Labute approximate surface area is 214 Å². The molecule has 1 unspecified atom stereocenters. The van der Waals surface area contributed by atoms with Crippen molar-refractivity contribution in [2.45, 2.75) is 19.3 Å². The number of likely N-dealkylation sites (tertiary alicyclic amines) is 1. The topological polar surface area (TPSA) is 122 Å². The molecule has 4 rings (SSSR count). The van der Waals surface area contributed by atoms with Crippen LogP contribution in [0.25, 0.3) is 0 Å². The van der Waals surface area contributed by atoms with Gasteiger partial charge in [-0.25, -0.2) is 9.59 Å². The van der Waals surface area contributed by atoms with E-state index in [0.29, 0.717) is 32.5 Å². The lowest BCUT2D eigenvalue weighted by Gasteiger charge is -2.33. The Hall–Kier alpha value is -4.21. The molecular weight excluding hydrogens is 478 g/mol. The standard InChI is InChI=1S/C27H29N3O7/c1-36-26(34)18-12-19(27(35)37-2)14-21(13-18)28-24(32)17-8-10-29(11-9-17)25(33)20-15-23(31)30(16-20)22-6-4-3-5-7-22/h3-7,12-14,17,20H,8-11,15-16H2,1-2H3,(H,28,32). The molecule has 2 saturated heterocycles. The van der Waals surface area contributed by atoms with Crippen LogP contribution in [0.15, 0.2) is 48.5 Å². The fourth-order valence-electron chi connectivity index (χ4n) is 4.77. The molecule has 2 aliphatic rings. The normalized spacial score (nSPS) is 17.9. The Morgan fingerprint density at radius 1 is 0.865 bits per heavy atom. The Balaban J connectivity index is 1.35. The molecular formula is C27H29N3O7. The van der Waals surface area contributed by atoms with Gasteiger partial charge in [0.15, 0.2) is 0 Å². The van der Waals surface area contributed by atoms with Crippen molar-refractivity contribution >= 4 is 41.0 Å². The molecule has 1 atom stereocenters. The van der Waals surface area contributed by atoms with Crippen LogP contribution in [0.5, 0.6) is 0 Å². The summed E-state index contributed by atoms with van der Waals surface area (Å²) in [6.45, 7) is 1.16. The number of carbonyl (C=O) groups is 5. The molecule has 194 valence electrons. The van der Waals surface area contributed by atoms with Crippen molar-refractivity contribution in [3.05, 3.63) is 59.7 Å². The first-order chi connectivity index (χ1) is 17.8. The van der Waals surface area contributed by atoms with Crippen molar-refractivity contribution in [2.75, 3.05) is 44.1 Å². The van der Waals surface area contributed by atoms with Crippen LogP contribution in [0.1, 0.15) is 40.0 Å². The van der Waals surface area contributed by atoms with Crippen LogP contribution in [-0.4, -0.2) is 68.4 Å². The lowest BCUT2D eigenvalue weighted by Crippen LogP contribution is -2.44. The van der Waals surface area contributed by atoms with Crippen molar-refractivity contribution < 1.29 is 33.4 Å². The maximum Gasteiger partial charge on any atom is 0.337 e. The number of methoxy groups -OCH3 is 2. The largest absolute Gasteiger partial charge is 0.465 e. The van der Waals surface area contributed by atoms with Gasteiger partial charge in [-0.3, -0.25) is 14.4 Å². The fraction of sp³-hybridized carbons (Fsp3) is 0.370. The van der Waals surface area contributed by atoms with Crippen LogP contribution >= 0.6 is 0 Å². The van der Waals surface area contributed by atoms with Gasteiger partial charge in [0, 0.05) is 43.3 Å². The summed E-state index contributed by atoms with van der Waals surface area (Å²) in [5, 5.41) is 2.77. The highest BCUT2D eigenvalue weighted by atomic mass is 16.5. The van der Waals surface area contributed by atoms with Gasteiger partial charge in [0.2, 0.25) is 17.7 Å². The molecule has 10 heteroatoms. The molecule has 2 heterocycles. The molecule has 0 aromatic heterocycles. The molecule has 3 amide bonds. The van der Waals surface area contributed by atoms with Crippen LogP contribution in [0.2, 0.25) is 0 Å². The summed E-state index contributed by atoms with van der Waals surface area (Å²) in [7, 11) is 2.45. The Morgan fingerprint density at radius 2 is 1.46 bits per heavy atom. The number of esters is 2. The second kappa shape index (κ2) is 11.2. The van der Waals surface area contributed by atoms with Gasteiger partial charge in [-0.05, 0) is 43.2 Å². The molecule has 0 aliphatic carbocycles. The van der Waals surface area contributed by atoms with Crippen LogP contribution in [0, 0.1) is 11.8 Å². The number of rotatable bonds is 6. The van der Waals surface area contributed by atoms with Gasteiger partial charge in [0.05, 0.1) is 31.3 Å². The highest BCUT2D eigenvalue weighted by Gasteiger charge is 2.38. The van der Waals surface area contributed by atoms with E-state index in [4.69, 9.17) is 9.47 Å². The zero-order valence-corrected chi connectivity index (χ0v) is 20.8. The molecule has 2 fully saturated rings. The maximum atomic E-state index is 13.1. The van der Waals surface area contributed by atoms with E-state index >= 15 is 0 Å². The van der Waals surface area contributed by atoms with Crippen molar-refractivity contribution in [1.29, 1.82) is 0 Å². The quantitative estimate of drug-likeness (QED) is 0.596. The molecule has 0 spiro atoms. The third-order valence-electron chi connectivity index (χ3n) is 6.76. The fourth-order valence-corrected chi connectivity index (χ4v) is 4.77. The minimum Gasteiger partial charge on any atom is -0.465 e. The predicted octanol–water partition coefficient (Wildman–Crippen LogP) is 2.49. The molecule has 1 N–H and O–H groups in total. The Kier molecular flexibility index (Phi) is 7.86. The summed E-state index contributed by atoms with van der Waals surface area (Å²) in [5.74, 6) is -2.46. The smallest absolute Gasteiger partial charge is 0.337 e. The van der Waals surface area contributed by atoms with Gasteiger partial charge in [-0.1, -0.05) is 18.2 Å². The average Bonchev–Trinajstić information content (AvgIpc) is 3.33. The summed E-state index contributed by atoms with van der Waals surface area (Å²) in [5.41, 5.74) is 1.27. The number of anilines is 2. The van der Waals surface area contributed by atoms with Gasteiger partial charge in [-0.2, -0.15) is 0 Å². The van der Waals surface area contributed by atoms with Crippen LogP contribution in [0.4, 0.5) is 11.4 Å². The molecule has 0 radical (unpaired) electrons. The van der Waals surface area contributed by atoms with E-state index in [1.165, 1.54) is 32.4 Å². The third-order valence-corrected chi connectivity index (χ3v) is 6.76. The van der Waals surface area contributed by atoms with Crippen molar-refractivity contribution in [1.82, 2.24) is 4.90 Å². The highest BCUT2D eigenvalue weighted by Crippen LogP contribution is 2.28. The van der Waals surface area contributed by atoms with Crippen molar-refractivity contribution in [2.24, 2.45) is 11.8 Å². The van der Waals surface area contributed by atoms with Crippen LogP contribution in [-0.2, 0) is 23.9 Å². The van der Waals surface area contributed by atoms with E-state index in [2.05, 4.69) is 5.32 Å². The number of hydrogen-bond acceptors (Lipinski definition) is 7. The summed E-state index contributed by atoms with van der Waals surface area (Å²) < 4.78 is 9.46. The summed E-state index contributed by atoms with van der Waals surface area (Å²) in [6.07, 6.45) is 1.09. The summed E-state index contributed by atoms with van der Waals surface area (Å²) in [4.78, 5) is 65.9. The molecule has 2 aliphatic heterocycles. The molecule has 37 heavy (non-hydrogen) atoms. The molecule has 2 aromatic carbocycles. The van der Waals surface area contributed by atoms with E-state index in [0.717, 1.165) is 5.69 Å². The number of nitrogens with one attached hydrogen (secondary N) is 1. The first-order valence-corrected chi connectivity index (χ1v) is 12.1. The van der Waals surface area contributed by atoms with Gasteiger partial charge < -0.3 is 24.6 Å². The lowest BCUT2D eigenvalue weighted by atomic mass is 9.94. The summed E-state index contributed by atoms with van der Waals surface area (Å²) in [6, 6.07) is 13.5. The highest BCUT2D eigenvalue weighted by molar-refractivity contribution is 6.01. The van der Waals surface area contributed by atoms with Crippen molar-refractivity contribution in [3.8, 4) is 0 Å². The minimum absolute atomic E-state index is 0.0701. The van der Waals surface area contributed by atoms with Crippen LogP contribution < -0.4 is 10.2 Å². The second-order valence-corrected chi connectivity index (χ2v) is 9.11. The number of ether oxygens (including phenoxy) is 2. The monoisotopic (exact) mass is 507 g/mol. The second-order valence-electron chi connectivity index (χ2n) is 9.11. The first kappa shape index (κ1) is 25.9. The van der Waals surface area contributed by atoms with Gasteiger partial charge >= 0.3 is 11.9 Å². The SMILES string of the molecule is COC(=O)c1cc(NC(=O)C2CCN(C(=O)C3CC(=O)N(c4ccccc4)C3)CC2)cc(C(=O)OC)c1. The van der Waals surface area contributed by atoms with Crippen molar-refractivity contribution in [3.63, 3.8) is 0 Å². The molecule has 0 saturated carbocycles. The van der Waals surface area contributed by atoms with E-state index in [1.807, 2.05) is 30.3 Å². The number of hydrogen-bond donors (Lipinski definition) is 1. The Bertz CT molecular complexity index is 1170. The Morgan fingerprint density at radius 3 is 2.03 bits per heavy atom. The molecule has 10 nitrogen and oxygen atoms in total. The predicted molar refractivity (Wildman–Crippen MR) is 134 cm³/mol. The average molecular weight is 508 g/mol. The first-order valence-electron chi connectivity index (χ1n) is 12.1. The van der Waals surface area contributed by atoms with Gasteiger partial charge in [0.1, 0.15) is 0 Å². The summed E-state index contributed by atoms with van der Waals surface area (Å²) >= 11 is 0. The molecule has 2 aromatic rings. The zero-order valence-electron chi connectivity index (χ0n) is 20.8. The van der Waals surface area contributed by atoms with Gasteiger partial charge in [0.25, 0.3) is 0 Å². The number of nitrogens with zero attached hydrogens (tertiary/aromatic N) is 2. The minimum atomic E-state index is -0.649. The third kappa shape index (κ3) is 5.79. The molecule has 0 bridgehead atoms. The number of carbonyl (C=O) groups excluding carboxylic acids is 5. The van der Waals surface area contributed by atoms with E-state index in [9.17, 15) is 24.0 Å². The van der Waals surface area contributed by atoms with E-state index in [1.54, 1.807) is 9.80 Å². The number of piperidine rings is 1. The van der Waals surface area contributed by atoms with Crippen LogP contribution in [0.3, 0.4) is 0 Å². The van der Waals surface area contributed by atoms with E-state index < -0.39 is 17.9 Å². The number of para-hydroxylation sites is 1. The zero-order chi connectivity index (χ0) is 26.5. The lowest BCUT2D eigenvalue weighted by molar-refractivity contribution is -0.138. The number of benzene rings is 2. The maximum absolute atomic E-state index is 13.1. The van der Waals surface area contributed by atoms with Gasteiger partial charge in [-0.15, -0.1) is 0 Å².